The van der Waals surface area contributed by atoms with Crippen molar-refractivity contribution < 1.29 is 4.74 Å². The van der Waals surface area contributed by atoms with Gasteiger partial charge in [-0.15, -0.1) is 0 Å². The first-order valence-corrected chi connectivity index (χ1v) is 7.43. The molecule has 4 atom stereocenters. The molecule has 4 unspecified atom stereocenters. The van der Waals surface area contributed by atoms with Gasteiger partial charge in [-0.2, -0.15) is 0 Å². The second-order valence-corrected chi connectivity index (χ2v) is 6.07. The molecule has 0 spiro atoms. The van der Waals surface area contributed by atoms with Crippen LogP contribution < -0.4 is 5.73 Å². The van der Waals surface area contributed by atoms with E-state index in [-0.39, 0.29) is 0 Å². The van der Waals surface area contributed by atoms with E-state index in [0.29, 0.717) is 12.0 Å². The highest BCUT2D eigenvalue weighted by atomic mass is 16.5. The Morgan fingerprint density at radius 2 is 2.06 bits per heavy atom. The molecule has 2 heterocycles. The lowest BCUT2D eigenvalue weighted by Gasteiger charge is -2.39. The van der Waals surface area contributed by atoms with Gasteiger partial charge in [0.05, 0.1) is 6.61 Å². The first-order valence-electron chi connectivity index (χ1n) is 7.43. The molecular weight excluding hydrogens is 212 g/mol. The minimum atomic E-state index is 0.589. The SMILES string of the molecule is NCC(C1CCOC1)N1CCC2CCCCC21. The molecule has 17 heavy (non-hydrogen) atoms. The molecule has 0 aromatic heterocycles. The first kappa shape index (κ1) is 11.9. The molecule has 98 valence electrons. The van der Waals surface area contributed by atoms with Crippen molar-refractivity contribution in [1.29, 1.82) is 0 Å². The van der Waals surface area contributed by atoms with Crippen molar-refractivity contribution in [3.05, 3.63) is 0 Å². The quantitative estimate of drug-likeness (QED) is 0.812. The lowest BCUT2D eigenvalue weighted by molar-refractivity contribution is 0.0883. The summed E-state index contributed by atoms with van der Waals surface area (Å²) < 4.78 is 5.55. The van der Waals surface area contributed by atoms with E-state index in [4.69, 9.17) is 10.5 Å². The highest BCUT2D eigenvalue weighted by molar-refractivity contribution is 4.95. The summed E-state index contributed by atoms with van der Waals surface area (Å²) in [5, 5.41) is 0. The molecule has 1 saturated carbocycles. The van der Waals surface area contributed by atoms with Crippen LogP contribution in [0.15, 0.2) is 0 Å². The van der Waals surface area contributed by atoms with E-state index in [2.05, 4.69) is 4.90 Å². The van der Waals surface area contributed by atoms with Crippen molar-refractivity contribution in [2.75, 3.05) is 26.3 Å². The van der Waals surface area contributed by atoms with E-state index in [1.165, 1.54) is 45.1 Å². The second kappa shape index (κ2) is 5.25. The van der Waals surface area contributed by atoms with Crippen molar-refractivity contribution in [2.24, 2.45) is 17.6 Å². The summed E-state index contributed by atoms with van der Waals surface area (Å²) in [5.74, 6) is 1.67. The number of nitrogens with zero attached hydrogens (tertiary/aromatic N) is 1. The van der Waals surface area contributed by atoms with E-state index >= 15 is 0 Å². The maximum atomic E-state index is 6.06. The largest absolute Gasteiger partial charge is 0.381 e. The fourth-order valence-electron chi connectivity index (χ4n) is 4.31. The third kappa shape index (κ3) is 2.25. The number of ether oxygens (including phenoxy) is 1. The number of likely N-dealkylation sites (tertiary alicyclic amines) is 1. The lowest BCUT2D eigenvalue weighted by atomic mass is 9.84. The van der Waals surface area contributed by atoms with Gasteiger partial charge in [0.15, 0.2) is 0 Å². The third-order valence-electron chi connectivity index (χ3n) is 5.23. The van der Waals surface area contributed by atoms with Crippen LogP contribution in [-0.2, 0) is 4.74 Å². The lowest BCUT2D eigenvalue weighted by Crippen LogP contribution is -2.49. The van der Waals surface area contributed by atoms with Gasteiger partial charge < -0.3 is 10.5 Å². The first-order chi connectivity index (χ1) is 8.40. The minimum Gasteiger partial charge on any atom is -0.381 e. The zero-order chi connectivity index (χ0) is 11.7. The molecule has 1 aliphatic carbocycles. The predicted molar refractivity (Wildman–Crippen MR) is 68.8 cm³/mol. The third-order valence-corrected chi connectivity index (χ3v) is 5.23. The Morgan fingerprint density at radius 1 is 1.18 bits per heavy atom. The van der Waals surface area contributed by atoms with Gasteiger partial charge in [-0.1, -0.05) is 12.8 Å². The summed E-state index contributed by atoms with van der Waals surface area (Å²) in [4.78, 5) is 2.75. The zero-order valence-corrected chi connectivity index (χ0v) is 10.8. The summed E-state index contributed by atoms with van der Waals surface area (Å²) in [7, 11) is 0. The van der Waals surface area contributed by atoms with Crippen LogP contribution in [0.2, 0.25) is 0 Å². The molecule has 0 aromatic carbocycles. The monoisotopic (exact) mass is 238 g/mol. The Bertz CT molecular complexity index is 253. The van der Waals surface area contributed by atoms with Gasteiger partial charge in [0.2, 0.25) is 0 Å². The molecule has 0 aromatic rings. The van der Waals surface area contributed by atoms with Crippen LogP contribution in [-0.4, -0.2) is 43.3 Å². The Labute approximate surface area is 105 Å². The van der Waals surface area contributed by atoms with Gasteiger partial charge in [0, 0.05) is 31.2 Å². The zero-order valence-electron chi connectivity index (χ0n) is 10.8. The molecule has 0 radical (unpaired) electrons. The van der Waals surface area contributed by atoms with Crippen LogP contribution >= 0.6 is 0 Å². The van der Waals surface area contributed by atoms with Crippen LogP contribution in [0.4, 0.5) is 0 Å². The molecule has 2 N–H and O–H groups in total. The topological polar surface area (TPSA) is 38.5 Å². The van der Waals surface area contributed by atoms with Crippen molar-refractivity contribution in [3.63, 3.8) is 0 Å². The number of fused-ring (bicyclic) bond motifs is 1. The molecule has 3 aliphatic rings. The highest BCUT2D eigenvalue weighted by Crippen LogP contribution is 2.38. The van der Waals surface area contributed by atoms with E-state index in [1.807, 2.05) is 0 Å². The Balaban J connectivity index is 1.68. The Kier molecular flexibility index (Phi) is 3.69. The standard InChI is InChI=1S/C14H26N2O/c15-9-14(12-6-8-17-10-12)16-7-5-11-3-1-2-4-13(11)16/h11-14H,1-10,15H2. The van der Waals surface area contributed by atoms with Gasteiger partial charge in [0.25, 0.3) is 0 Å². The summed E-state index contributed by atoms with van der Waals surface area (Å²) in [6.07, 6.45) is 8.38. The maximum absolute atomic E-state index is 6.06. The van der Waals surface area contributed by atoms with Crippen molar-refractivity contribution in [3.8, 4) is 0 Å². The summed E-state index contributed by atoms with van der Waals surface area (Å²) in [5.41, 5.74) is 6.06. The van der Waals surface area contributed by atoms with Crippen LogP contribution in [0.5, 0.6) is 0 Å². The molecule has 0 amide bonds. The van der Waals surface area contributed by atoms with Crippen molar-refractivity contribution in [1.82, 2.24) is 4.90 Å². The van der Waals surface area contributed by atoms with E-state index in [1.54, 1.807) is 0 Å². The second-order valence-electron chi connectivity index (χ2n) is 6.07. The van der Waals surface area contributed by atoms with Crippen LogP contribution in [0.1, 0.15) is 38.5 Å². The van der Waals surface area contributed by atoms with Gasteiger partial charge >= 0.3 is 0 Å². The van der Waals surface area contributed by atoms with Gasteiger partial charge in [0.1, 0.15) is 0 Å². The van der Waals surface area contributed by atoms with E-state index in [9.17, 15) is 0 Å². The number of nitrogens with two attached hydrogens (primary N) is 1. The van der Waals surface area contributed by atoms with Gasteiger partial charge in [-0.25, -0.2) is 0 Å². The Morgan fingerprint density at radius 3 is 2.82 bits per heavy atom. The van der Waals surface area contributed by atoms with E-state index < -0.39 is 0 Å². The van der Waals surface area contributed by atoms with Crippen LogP contribution in [0.3, 0.4) is 0 Å². The molecule has 0 bridgehead atoms. The smallest absolute Gasteiger partial charge is 0.0510 e. The van der Waals surface area contributed by atoms with Gasteiger partial charge in [-0.3, -0.25) is 4.90 Å². The molecule has 3 fully saturated rings. The maximum Gasteiger partial charge on any atom is 0.0510 e. The molecule has 2 aliphatic heterocycles. The minimum absolute atomic E-state index is 0.589. The van der Waals surface area contributed by atoms with Crippen molar-refractivity contribution in [2.45, 2.75) is 50.6 Å². The predicted octanol–water partition coefficient (Wildman–Crippen LogP) is 1.61. The van der Waals surface area contributed by atoms with Crippen LogP contribution in [0, 0.1) is 11.8 Å². The average molecular weight is 238 g/mol. The Hall–Kier alpha value is -0.120. The molecule has 2 saturated heterocycles. The molecule has 3 heteroatoms. The van der Waals surface area contributed by atoms with E-state index in [0.717, 1.165) is 31.7 Å². The summed E-state index contributed by atoms with van der Waals surface area (Å²) >= 11 is 0. The average Bonchev–Trinajstić information content (AvgIpc) is 3.01. The van der Waals surface area contributed by atoms with Crippen LogP contribution in [0.25, 0.3) is 0 Å². The summed E-state index contributed by atoms with van der Waals surface area (Å²) in [6.45, 7) is 3.99. The fourth-order valence-corrected chi connectivity index (χ4v) is 4.31. The van der Waals surface area contributed by atoms with Gasteiger partial charge in [-0.05, 0) is 38.1 Å². The summed E-state index contributed by atoms with van der Waals surface area (Å²) in [6, 6.07) is 1.43. The fraction of sp³-hybridized carbons (Fsp3) is 1.00. The number of rotatable bonds is 3. The molecule has 3 rings (SSSR count). The van der Waals surface area contributed by atoms with Crippen molar-refractivity contribution >= 4 is 0 Å². The highest BCUT2D eigenvalue weighted by Gasteiger charge is 2.41. The molecular formula is C14H26N2O. The normalized spacial score (nSPS) is 40.4. The number of hydrogen-bond donors (Lipinski definition) is 1. The number of hydrogen-bond acceptors (Lipinski definition) is 3. The molecule has 3 nitrogen and oxygen atoms in total.